The van der Waals surface area contributed by atoms with Crippen molar-refractivity contribution < 1.29 is 4.79 Å². The SMILES string of the molecule is Cc1ccc(C(=O)NC2CCCC2CN)c(C)n1.Cl.Cl. The van der Waals surface area contributed by atoms with E-state index >= 15 is 0 Å². The second-order valence-electron chi connectivity index (χ2n) is 5.09. The van der Waals surface area contributed by atoms with Gasteiger partial charge in [0.05, 0.1) is 11.3 Å². The molecule has 1 amide bonds. The van der Waals surface area contributed by atoms with Gasteiger partial charge in [-0.05, 0) is 51.3 Å². The quantitative estimate of drug-likeness (QED) is 0.898. The molecule has 3 N–H and O–H groups in total. The first-order valence-electron chi connectivity index (χ1n) is 6.57. The number of pyridine rings is 1. The molecule has 1 aliphatic carbocycles. The van der Waals surface area contributed by atoms with Gasteiger partial charge in [-0.1, -0.05) is 6.42 Å². The summed E-state index contributed by atoms with van der Waals surface area (Å²) >= 11 is 0. The van der Waals surface area contributed by atoms with Gasteiger partial charge in [-0.25, -0.2) is 0 Å². The first-order valence-corrected chi connectivity index (χ1v) is 6.57. The van der Waals surface area contributed by atoms with Crippen molar-refractivity contribution in [3.05, 3.63) is 29.1 Å². The summed E-state index contributed by atoms with van der Waals surface area (Å²) in [5.74, 6) is 0.401. The Bertz CT molecular complexity index is 454. The highest BCUT2D eigenvalue weighted by Crippen LogP contribution is 2.25. The van der Waals surface area contributed by atoms with E-state index in [1.54, 1.807) is 0 Å². The molecule has 0 saturated heterocycles. The normalized spacial score (nSPS) is 20.8. The third kappa shape index (κ3) is 4.33. The van der Waals surface area contributed by atoms with Crippen LogP contribution in [0, 0.1) is 19.8 Å². The maximum Gasteiger partial charge on any atom is 0.253 e. The van der Waals surface area contributed by atoms with Crippen molar-refractivity contribution in [2.24, 2.45) is 11.7 Å². The Morgan fingerprint density at radius 2 is 2.05 bits per heavy atom. The molecule has 2 unspecified atom stereocenters. The Morgan fingerprint density at radius 3 is 2.65 bits per heavy atom. The minimum Gasteiger partial charge on any atom is -0.349 e. The number of carbonyl (C=O) groups excluding carboxylic acids is 1. The number of rotatable bonds is 3. The maximum absolute atomic E-state index is 12.2. The first kappa shape index (κ1) is 19.2. The summed E-state index contributed by atoms with van der Waals surface area (Å²) in [5, 5.41) is 3.10. The standard InChI is InChI=1S/C14H21N3O.2ClH/c1-9-6-7-12(10(2)16-9)14(18)17-13-5-3-4-11(13)8-15;;/h6-7,11,13H,3-5,8,15H2,1-2H3,(H,17,18);2*1H. The molecule has 0 aliphatic heterocycles. The number of hydrogen-bond donors (Lipinski definition) is 2. The van der Waals surface area contributed by atoms with Crippen molar-refractivity contribution in [1.29, 1.82) is 0 Å². The molecule has 0 radical (unpaired) electrons. The molecular weight excluding hydrogens is 297 g/mol. The third-order valence-electron chi connectivity index (χ3n) is 3.75. The molecular formula is C14H23Cl2N3O. The predicted molar refractivity (Wildman–Crippen MR) is 85.9 cm³/mol. The largest absolute Gasteiger partial charge is 0.349 e. The fourth-order valence-corrected chi connectivity index (χ4v) is 2.68. The number of carbonyl (C=O) groups is 1. The Hall–Kier alpha value is -0.840. The van der Waals surface area contributed by atoms with Gasteiger partial charge in [0.15, 0.2) is 0 Å². The van der Waals surface area contributed by atoms with E-state index in [1.165, 1.54) is 0 Å². The lowest BCUT2D eigenvalue weighted by Crippen LogP contribution is -2.40. The predicted octanol–water partition coefficient (Wildman–Crippen LogP) is 2.40. The highest BCUT2D eigenvalue weighted by Gasteiger charge is 2.27. The van der Waals surface area contributed by atoms with Gasteiger partial charge in [0.2, 0.25) is 0 Å². The third-order valence-corrected chi connectivity index (χ3v) is 3.75. The number of amides is 1. The Kier molecular flexibility index (Phi) is 8.09. The van der Waals surface area contributed by atoms with Crippen LogP contribution in [0.15, 0.2) is 12.1 Å². The van der Waals surface area contributed by atoms with Gasteiger partial charge in [-0.3, -0.25) is 9.78 Å². The molecule has 0 bridgehead atoms. The molecule has 6 heteroatoms. The number of nitrogens with zero attached hydrogens (tertiary/aromatic N) is 1. The van der Waals surface area contributed by atoms with Crippen molar-refractivity contribution in [3.8, 4) is 0 Å². The fraction of sp³-hybridized carbons (Fsp3) is 0.571. The summed E-state index contributed by atoms with van der Waals surface area (Å²) < 4.78 is 0. The molecule has 1 aliphatic rings. The lowest BCUT2D eigenvalue weighted by atomic mass is 10.0. The topological polar surface area (TPSA) is 68.0 Å². The lowest BCUT2D eigenvalue weighted by molar-refractivity contribution is 0.0927. The molecule has 114 valence electrons. The van der Waals surface area contributed by atoms with Gasteiger partial charge in [0.25, 0.3) is 5.91 Å². The molecule has 20 heavy (non-hydrogen) atoms. The van der Waals surface area contributed by atoms with E-state index in [-0.39, 0.29) is 36.8 Å². The van der Waals surface area contributed by atoms with Gasteiger partial charge in [-0.15, -0.1) is 24.8 Å². The van der Waals surface area contributed by atoms with E-state index in [0.717, 1.165) is 30.7 Å². The van der Waals surface area contributed by atoms with Crippen molar-refractivity contribution in [2.75, 3.05) is 6.54 Å². The average Bonchev–Trinajstić information content (AvgIpc) is 2.76. The molecule has 1 aromatic rings. The molecule has 2 atom stereocenters. The van der Waals surface area contributed by atoms with Crippen molar-refractivity contribution >= 4 is 30.7 Å². The number of aromatic nitrogens is 1. The van der Waals surface area contributed by atoms with Crippen LogP contribution in [0.4, 0.5) is 0 Å². The molecule has 1 aromatic heterocycles. The van der Waals surface area contributed by atoms with E-state index < -0.39 is 0 Å². The van der Waals surface area contributed by atoms with Gasteiger partial charge < -0.3 is 11.1 Å². The van der Waals surface area contributed by atoms with E-state index in [4.69, 9.17) is 5.73 Å². The van der Waals surface area contributed by atoms with Crippen LogP contribution in [0.3, 0.4) is 0 Å². The first-order chi connectivity index (χ1) is 8.61. The highest BCUT2D eigenvalue weighted by molar-refractivity contribution is 5.95. The van der Waals surface area contributed by atoms with Crippen molar-refractivity contribution in [3.63, 3.8) is 0 Å². The van der Waals surface area contributed by atoms with Crippen LogP contribution in [0.2, 0.25) is 0 Å². The molecule has 1 fully saturated rings. The summed E-state index contributed by atoms with van der Waals surface area (Å²) in [6.07, 6.45) is 3.30. The number of hydrogen-bond acceptors (Lipinski definition) is 3. The van der Waals surface area contributed by atoms with Crippen LogP contribution in [0.5, 0.6) is 0 Å². The number of aryl methyl sites for hydroxylation is 2. The highest BCUT2D eigenvalue weighted by atomic mass is 35.5. The van der Waals surface area contributed by atoms with E-state index in [2.05, 4.69) is 10.3 Å². The zero-order valence-corrected chi connectivity index (χ0v) is 13.5. The number of nitrogens with one attached hydrogen (secondary N) is 1. The molecule has 2 rings (SSSR count). The summed E-state index contributed by atoms with van der Waals surface area (Å²) in [6, 6.07) is 3.94. The molecule has 1 heterocycles. The molecule has 1 saturated carbocycles. The zero-order chi connectivity index (χ0) is 13.1. The Labute approximate surface area is 132 Å². The second kappa shape index (κ2) is 8.45. The number of halogens is 2. The monoisotopic (exact) mass is 319 g/mol. The van der Waals surface area contributed by atoms with Gasteiger partial charge >= 0.3 is 0 Å². The van der Waals surface area contributed by atoms with Crippen LogP contribution in [-0.2, 0) is 0 Å². The fourth-order valence-electron chi connectivity index (χ4n) is 2.68. The Balaban J connectivity index is 0.00000180. The average molecular weight is 320 g/mol. The van der Waals surface area contributed by atoms with Crippen molar-refractivity contribution in [1.82, 2.24) is 10.3 Å². The van der Waals surface area contributed by atoms with E-state index in [1.807, 2.05) is 26.0 Å². The summed E-state index contributed by atoms with van der Waals surface area (Å²) in [6.45, 7) is 4.45. The van der Waals surface area contributed by atoms with Crippen LogP contribution in [0.25, 0.3) is 0 Å². The van der Waals surface area contributed by atoms with Gasteiger partial charge in [0.1, 0.15) is 0 Å². The molecule has 0 spiro atoms. The minimum atomic E-state index is -0.0228. The van der Waals surface area contributed by atoms with Crippen LogP contribution in [-0.4, -0.2) is 23.5 Å². The van der Waals surface area contributed by atoms with Crippen LogP contribution >= 0.6 is 24.8 Å². The van der Waals surface area contributed by atoms with Gasteiger partial charge in [0, 0.05) is 11.7 Å². The summed E-state index contributed by atoms with van der Waals surface area (Å²) in [4.78, 5) is 16.5. The zero-order valence-electron chi connectivity index (χ0n) is 11.9. The van der Waals surface area contributed by atoms with E-state index in [9.17, 15) is 4.79 Å². The van der Waals surface area contributed by atoms with Crippen LogP contribution in [0.1, 0.15) is 41.0 Å². The second-order valence-corrected chi connectivity index (χ2v) is 5.09. The smallest absolute Gasteiger partial charge is 0.253 e. The summed E-state index contributed by atoms with van der Waals surface area (Å²) in [7, 11) is 0. The maximum atomic E-state index is 12.2. The van der Waals surface area contributed by atoms with Gasteiger partial charge in [-0.2, -0.15) is 0 Å². The molecule has 0 aromatic carbocycles. The minimum absolute atomic E-state index is 0. The summed E-state index contributed by atoms with van der Waals surface area (Å²) in [5.41, 5.74) is 8.12. The number of nitrogens with two attached hydrogens (primary N) is 1. The molecule has 4 nitrogen and oxygen atoms in total. The van der Waals surface area contributed by atoms with Crippen molar-refractivity contribution in [2.45, 2.75) is 39.2 Å². The lowest BCUT2D eigenvalue weighted by Gasteiger charge is -2.19. The Morgan fingerprint density at radius 1 is 1.35 bits per heavy atom. The van der Waals surface area contributed by atoms with E-state index in [0.29, 0.717) is 18.0 Å². The van der Waals surface area contributed by atoms with Crippen LogP contribution < -0.4 is 11.1 Å².